The number of piperazine rings is 1. The number of imidazole rings is 1. The molecule has 2 aromatic heterocycles. The third kappa shape index (κ3) is 4.94. The van der Waals surface area contributed by atoms with Crippen LogP contribution in [0.1, 0.15) is 22.4 Å². The Hall–Kier alpha value is -2.16. The Morgan fingerprint density at radius 3 is 2.73 bits per heavy atom. The van der Waals surface area contributed by atoms with E-state index in [1.807, 2.05) is 17.8 Å². The highest BCUT2D eigenvalue weighted by molar-refractivity contribution is 5.94. The van der Waals surface area contributed by atoms with E-state index in [4.69, 9.17) is 0 Å². The molecule has 2 aromatic rings. The summed E-state index contributed by atoms with van der Waals surface area (Å²) >= 11 is 0. The van der Waals surface area contributed by atoms with Gasteiger partial charge in [-0.05, 0) is 12.1 Å². The molecule has 1 saturated heterocycles. The van der Waals surface area contributed by atoms with Crippen molar-refractivity contribution in [2.45, 2.75) is 6.04 Å². The highest BCUT2D eigenvalue weighted by atomic mass is 35.5. The molecule has 2 N–H and O–H groups in total. The molecule has 0 radical (unpaired) electrons. The maximum atomic E-state index is 12.6. The number of rotatable bonds is 4. The number of nitrogens with zero attached hydrogens (tertiary/aromatic N) is 4. The van der Waals surface area contributed by atoms with Crippen LogP contribution in [-0.2, 0) is 11.8 Å². The molecule has 10 heteroatoms. The van der Waals surface area contributed by atoms with E-state index in [0.29, 0.717) is 18.8 Å². The van der Waals surface area contributed by atoms with Crippen molar-refractivity contribution < 1.29 is 9.59 Å². The smallest absolute Gasteiger partial charge is 0.270 e. The second kappa shape index (κ2) is 10.1. The molecule has 1 fully saturated rings. The third-order valence-electron chi connectivity index (χ3n) is 4.02. The van der Waals surface area contributed by atoms with Gasteiger partial charge in [-0.2, -0.15) is 0 Å². The molecule has 8 nitrogen and oxygen atoms in total. The summed E-state index contributed by atoms with van der Waals surface area (Å²) in [5.41, 5.74) is 0.297. The molecule has 1 aliphatic rings. The Morgan fingerprint density at radius 2 is 2.08 bits per heavy atom. The quantitative estimate of drug-likeness (QED) is 0.781. The predicted octanol–water partition coefficient (Wildman–Crippen LogP) is 0.562. The standard InChI is InChI=1S/C16H20N6O2.2ClH/c1-21-8-7-19-15(21)13-10-17-6-9-22(13)14(23)11-20-16(24)12-4-2-3-5-18-12;;/h2-5,7-8,13,17H,6,9-11H2,1H3,(H,20,24);2*1H. The van der Waals surface area contributed by atoms with Gasteiger partial charge < -0.3 is 20.1 Å². The Balaban J connectivity index is 0.00000169. The Morgan fingerprint density at radius 1 is 1.27 bits per heavy atom. The number of nitrogens with one attached hydrogen (secondary N) is 2. The number of amides is 2. The number of aromatic nitrogens is 3. The molecule has 0 aromatic carbocycles. The fraction of sp³-hybridized carbons (Fsp3) is 0.375. The zero-order chi connectivity index (χ0) is 16.9. The van der Waals surface area contributed by atoms with E-state index in [9.17, 15) is 9.59 Å². The van der Waals surface area contributed by atoms with Crippen LogP contribution in [0.5, 0.6) is 0 Å². The molecule has 3 rings (SSSR count). The van der Waals surface area contributed by atoms with E-state index in [1.165, 1.54) is 0 Å². The average molecular weight is 401 g/mol. The van der Waals surface area contributed by atoms with Crippen molar-refractivity contribution in [3.63, 3.8) is 0 Å². The van der Waals surface area contributed by atoms with Gasteiger partial charge in [-0.1, -0.05) is 6.07 Å². The third-order valence-corrected chi connectivity index (χ3v) is 4.02. The van der Waals surface area contributed by atoms with Crippen molar-refractivity contribution in [3.05, 3.63) is 48.3 Å². The summed E-state index contributed by atoms with van der Waals surface area (Å²) in [7, 11) is 1.91. The van der Waals surface area contributed by atoms with E-state index < -0.39 is 0 Å². The second-order valence-corrected chi connectivity index (χ2v) is 5.60. The number of carbonyl (C=O) groups excluding carboxylic acids is 2. The van der Waals surface area contributed by atoms with E-state index in [2.05, 4.69) is 20.6 Å². The lowest BCUT2D eigenvalue weighted by molar-refractivity contribution is -0.133. The summed E-state index contributed by atoms with van der Waals surface area (Å²) in [5, 5.41) is 5.92. The van der Waals surface area contributed by atoms with Crippen LogP contribution >= 0.6 is 24.8 Å². The van der Waals surface area contributed by atoms with Crippen LogP contribution < -0.4 is 10.6 Å². The van der Waals surface area contributed by atoms with Gasteiger partial charge in [0.05, 0.1) is 6.54 Å². The number of halogens is 2. The first-order chi connectivity index (χ1) is 11.7. The van der Waals surface area contributed by atoms with E-state index >= 15 is 0 Å². The minimum absolute atomic E-state index is 0. The molecule has 0 spiro atoms. The summed E-state index contributed by atoms with van der Waals surface area (Å²) in [6.45, 7) is 1.89. The highest BCUT2D eigenvalue weighted by Gasteiger charge is 2.30. The van der Waals surface area contributed by atoms with Gasteiger partial charge in [-0.15, -0.1) is 24.8 Å². The molecule has 3 heterocycles. The highest BCUT2D eigenvalue weighted by Crippen LogP contribution is 2.20. The summed E-state index contributed by atoms with van der Waals surface area (Å²) in [6, 6.07) is 4.94. The first-order valence-electron chi connectivity index (χ1n) is 7.83. The Labute approximate surface area is 164 Å². The first kappa shape index (κ1) is 21.9. The number of carbonyl (C=O) groups is 2. The zero-order valence-electron chi connectivity index (χ0n) is 14.3. The van der Waals surface area contributed by atoms with Crippen molar-refractivity contribution in [2.24, 2.45) is 7.05 Å². The molecular formula is C16H22Cl2N6O2. The van der Waals surface area contributed by atoms with Gasteiger partial charge in [-0.3, -0.25) is 14.6 Å². The fourth-order valence-corrected chi connectivity index (χ4v) is 2.78. The van der Waals surface area contributed by atoms with Crippen molar-refractivity contribution in [3.8, 4) is 0 Å². The van der Waals surface area contributed by atoms with E-state index in [0.717, 1.165) is 12.4 Å². The lowest BCUT2D eigenvalue weighted by Gasteiger charge is -2.35. The van der Waals surface area contributed by atoms with Crippen molar-refractivity contribution >= 4 is 36.6 Å². The minimum atomic E-state index is -0.354. The van der Waals surface area contributed by atoms with Crippen molar-refractivity contribution in [1.29, 1.82) is 0 Å². The summed E-state index contributed by atoms with van der Waals surface area (Å²) in [6.07, 6.45) is 5.12. The number of pyridine rings is 1. The average Bonchev–Trinajstić information content (AvgIpc) is 3.06. The first-order valence-corrected chi connectivity index (χ1v) is 7.83. The summed E-state index contributed by atoms with van der Waals surface area (Å²) in [4.78, 5) is 34.7. The Kier molecular flexibility index (Phi) is 8.50. The van der Waals surface area contributed by atoms with Crippen LogP contribution in [-0.4, -0.2) is 57.4 Å². The van der Waals surface area contributed by atoms with Gasteiger partial charge in [0.25, 0.3) is 5.91 Å². The molecular weight excluding hydrogens is 379 g/mol. The monoisotopic (exact) mass is 400 g/mol. The van der Waals surface area contributed by atoms with Gasteiger partial charge in [0.1, 0.15) is 17.6 Å². The van der Waals surface area contributed by atoms with Crippen LogP contribution in [0.2, 0.25) is 0 Å². The number of aryl methyl sites for hydroxylation is 1. The molecule has 0 aliphatic carbocycles. The molecule has 1 unspecified atom stereocenters. The molecule has 142 valence electrons. The van der Waals surface area contributed by atoms with Crippen molar-refractivity contribution in [2.75, 3.05) is 26.2 Å². The molecule has 0 bridgehead atoms. The van der Waals surface area contributed by atoms with Gasteiger partial charge in [0, 0.05) is 45.3 Å². The van der Waals surface area contributed by atoms with Crippen LogP contribution in [0.25, 0.3) is 0 Å². The van der Waals surface area contributed by atoms with Crippen molar-refractivity contribution in [1.82, 2.24) is 30.1 Å². The van der Waals surface area contributed by atoms with Crippen LogP contribution in [0, 0.1) is 0 Å². The topological polar surface area (TPSA) is 92.2 Å². The lowest BCUT2D eigenvalue weighted by Crippen LogP contribution is -2.52. The van der Waals surface area contributed by atoms with Gasteiger partial charge >= 0.3 is 0 Å². The van der Waals surface area contributed by atoms with Gasteiger partial charge in [0.15, 0.2) is 0 Å². The SMILES string of the molecule is Cl.Cl.Cn1ccnc1C1CNCCN1C(=O)CNC(=O)c1ccccn1. The molecule has 2 amide bonds. The number of hydrogen-bond donors (Lipinski definition) is 2. The minimum Gasteiger partial charge on any atom is -0.342 e. The predicted molar refractivity (Wildman–Crippen MR) is 102 cm³/mol. The van der Waals surface area contributed by atoms with Gasteiger partial charge in [-0.25, -0.2) is 4.98 Å². The van der Waals surface area contributed by atoms with Crippen LogP contribution in [0.3, 0.4) is 0 Å². The van der Waals surface area contributed by atoms with E-state index in [1.54, 1.807) is 35.5 Å². The zero-order valence-corrected chi connectivity index (χ0v) is 15.9. The summed E-state index contributed by atoms with van der Waals surface area (Å²) in [5.74, 6) is 0.341. The van der Waals surface area contributed by atoms with E-state index in [-0.39, 0.29) is 49.2 Å². The van der Waals surface area contributed by atoms with Gasteiger partial charge in [0.2, 0.25) is 5.91 Å². The second-order valence-electron chi connectivity index (χ2n) is 5.60. The fourth-order valence-electron chi connectivity index (χ4n) is 2.78. The molecule has 1 atom stereocenters. The maximum absolute atomic E-state index is 12.6. The maximum Gasteiger partial charge on any atom is 0.270 e. The molecule has 0 saturated carbocycles. The Bertz CT molecular complexity index is 725. The largest absolute Gasteiger partial charge is 0.342 e. The lowest BCUT2D eigenvalue weighted by atomic mass is 10.1. The summed E-state index contributed by atoms with van der Waals surface area (Å²) < 4.78 is 1.91. The number of hydrogen-bond acceptors (Lipinski definition) is 5. The molecule has 26 heavy (non-hydrogen) atoms. The normalized spacial score (nSPS) is 16.2. The molecule has 1 aliphatic heterocycles. The van der Waals surface area contributed by atoms with Crippen LogP contribution in [0.15, 0.2) is 36.8 Å². The van der Waals surface area contributed by atoms with Crippen LogP contribution in [0.4, 0.5) is 0 Å².